The summed E-state index contributed by atoms with van der Waals surface area (Å²) in [6.07, 6.45) is -0.383. The Bertz CT molecular complexity index is 741. The first-order chi connectivity index (χ1) is 13.1. The van der Waals surface area contributed by atoms with Crippen molar-refractivity contribution in [2.24, 2.45) is 5.92 Å². The fourth-order valence-corrected chi connectivity index (χ4v) is 3.15. The van der Waals surface area contributed by atoms with Crippen LogP contribution in [0, 0.1) is 5.92 Å². The zero-order valence-electron chi connectivity index (χ0n) is 16.3. The van der Waals surface area contributed by atoms with Gasteiger partial charge >= 0.3 is 12.1 Å². The van der Waals surface area contributed by atoms with Crippen molar-refractivity contribution >= 4 is 23.8 Å². The number of carbonyl (C=O) groups excluding carboxylic acids is 3. The predicted molar refractivity (Wildman–Crippen MR) is 101 cm³/mol. The zero-order valence-corrected chi connectivity index (χ0v) is 16.3. The van der Waals surface area contributed by atoms with E-state index in [4.69, 9.17) is 4.74 Å². The van der Waals surface area contributed by atoms with Crippen molar-refractivity contribution in [3.05, 3.63) is 35.9 Å². The van der Waals surface area contributed by atoms with Crippen LogP contribution in [-0.2, 0) is 14.3 Å². The van der Waals surface area contributed by atoms with E-state index >= 15 is 0 Å². The molecule has 1 aromatic carbocycles. The van der Waals surface area contributed by atoms with Gasteiger partial charge < -0.3 is 20.1 Å². The third kappa shape index (κ3) is 6.07. The van der Waals surface area contributed by atoms with Crippen molar-refractivity contribution in [2.45, 2.75) is 45.3 Å². The summed E-state index contributed by atoms with van der Waals surface area (Å²) >= 11 is 0. The minimum atomic E-state index is -1.12. The molecule has 28 heavy (non-hydrogen) atoms. The molecule has 0 aliphatic carbocycles. The number of ketones is 1. The number of nitrogens with one attached hydrogen (secondary N) is 1. The molecule has 0 radical (unpaired) electrons. The van der Waals surface area contributed by atoms with Crippen LogP contribution < -0.4 is 5.32 Å². The Balaban J connectivity index is 1.95. The Morgan fingerprint density at radius 3 is 2.39 bits per heavy atom. The number of amides is 2. The van der Waals surface area contributed by atoms with Crippen LogP contribution in [0.2, 0.25) is 0 Å². The van der Waals surface area contributed by atoms with Gasteiger partial charge in [-0.1, -0.05) is 30.3 Å². The standard InChI is InChI=1S/C20H26N2O6/c1-20(2,3)28-19(27)21-11-17(24)22-12-13(9-15(22)18(25)26)10-16(23)14-7-5-4-6-8-14/h4-8,13,15H,9-12H2,1-3H3,(H,21,27)(H,25,26)/t13-,15-/m0/s1. The number of alkyl carbamates (subject to hydrolysis) is 1. The van der Waals surface area contributed by atoms with E-state index in [-0.39, 0.29) is 37.6 Å². The molecule has 2 atom stereocenters. The van der Waals surface area contributed by atoms with Crippen LogP contribution in [0.5, 0.6) is 0 Å². The van der Waals surface area contributed by atoms with Gasteiger partial charge in [0.1, 0.15) is 18.2 Å². The Hall–Kier alpha value is -2.90. The van der Waals surface area contributed by atoms with E-state index in [1.54, 1.807) is 45.0 Å². The molecule has 0 saturated carbocycles. The fourth-order valence-electron chi connectivity index (χ4n) is 3.15. The van der Waals surface area contributed by atoms with Gasteiger partial charge in [0.05, 0.1) is 0 Å². The number of Topliss-reactive ketones (excluding diaryl/α,β-unsaturated/α-hetero) is 1. The highest BCUT2D eigenvalue weighted by molar-refractivity contribution is 5.96. The smallest absolute Gasteiger partial charge is 0.408 e. The lowest BCUT2D eigenvalue weighted by Crippen LogP contribution is -2.46. The van der Waals surface area contributed by atoms with Gasteiger partial charge in [0.25, 0.3) is 0 Å². The topological polar surface area (TPSA) is 113 Å². The molecule has 0 bridgehead atoms. The predicted octanol–water partition coefficient (Wildman–Crippen LogP) is 2.09. The van der Waals surface area contributed by atoms with Crippen LogP contribution in [0.25, 0.3) is 0 Å². The van der Waals surface area contributed by atoms with Crippen LogP contribution in [0.3, 0.4) is 0 Å². The van der Waals surface area contributed by atoms with Crippen molar-refractivity contribution < 1.29 is 29.0 Å². The average molecular weight is 390 g/mol. The Morgan fingerprint density at radius 2 is 1.82 bits per heavy atom. The van der Waals surface area contributed by atoms with E-state index in [0.29, 0.717) is 5.56 Å². The first-order valence-electron chi connectivity index (χ1n) is 9.14. The Kier molecular flexibility index (Phi) is 6.77. The summed E-state index contributed by atoms with van der Waals surface area (Å²) in [7, 11) is 0. The highest BCUT2D eigenvalue weighted by Crippen LogP contribution is 2.27. The molecule has 1 aliphatic rings. The molecule has 8 nitrogen and oxygen atoms in total. The third-order valence-electron chi connectivity index (χ3n) is 4.35. The molecule has 2 amide bonds. The first-order valence-corrected chi connectivity index (χ1v) is 9.14. The molecule has 1 heterocycles. The van der Waals surface area contributed by atoms with E-state index < -0.39 is 29.6 Å². The zero-order chi connectivity index (χ0) is 20.9. The fraction of sp³-hybridized carbons (Fsp3) is 0.500. The molecule has 1 aliphatic heterocycles. The molecule has 152 valence electrons. The first kappa shape index (κ1) is 21.4. The van der Waals surface area contributed by atoms with E-state index in [0.717, 1.165) is 0 Å². The van der Waals surface area contributed by atoms with Gasteiger partial charge in [0.2, 0.25) is 5.91 Å². The van der Waals surface area contributed by atoms with Gasteiger partial charge in [-0.15, -0.1) is 0 Å². The third-order valence-corrected chi connectivity index (χ3v) is 4.35. The minimum Gasteiger partial charge on any atom is -0.480 e. The number of nitrogens with zero attached hydrogens (tertiary/aromatic N) is 1. The molecule has 1 saturated heterocycles. The second kappa shape index (κ2) is 8.86. The lowest BCUT2D eigenvalue weighted by atomic mass is 9.96. The summed E-state index contributed by atoms with van der Waals surface area (Å²) in [5, 5.41) is 11.8. The normalized spacial score (nSPS) is 19.2. The van der Waals surface area contributed by atoms with Crippen LogP contribution >= 0.6 is 0 Å². The van der Waals surface area contributed by atoms with Gasteiger partial charge in [-0.2, -0.15) is 0 Å². The number of ether oxygens (including phenoxy) is 1. The van der Waals surface area contributed by atoms with E-state index in [9.17, 15) is 24.3 Å². The number of benzene rings is 1. The number of carbonyl (C=O) groups is 4. The molecular formula is C20H26N2O6. The molecule has 0 spiro atoms. The summed E-state index contributed by atoms with van der Waals surface area (Å²) in [6.45, 7) is 4.89. The quantitative estimate of drug-likeness (QED) is 0.719. The maximum Gasteiger partial charge on any atom is 0.408 e. The Morgan fingerprint density at radius 1 is 1.18 bits per heavy atom. The summed E-state index contributed by atoms with van der Waals surface area (Å²) in [5.41, 5.74) is -0.140. The summed E-state index contributed by atoms with van der Waals surface area (Å²) < 4.78 is 5.07. The van der Waals surface area contributed by atoms with Crippen molar-refractivity contribution in [2.75, 3.05) is 13.1 Å². The van der Waals surface area contributed by atoms with E-state index in [1.165, 1.54) is 4.90 Å². The van der Waals surface area contributed by atoms with Crippen molar-refractivity contribution in [3.8, 4) is 0 Å². The SMILES string of the molecule is CC(C)(C)OC(=O)NCC(=O)N1C[C@H](CC(=O)c2ccccc2)C[C@H]1C(=O)O. The number of hydrogen-bond donors (Lipinski definition) is 2. The summed E-state index contributed by atoms with van der Waals surface area (Å²) in [6, 6.07) is 7.74. The molecule has 0 unspecified atom stereocenters. The number of carboxylic acids is 1. The molecule has 2 rings (SSSR count). The molecule has 8 heteroatoms. The second-order valence-corrected chi connectivity index (χ2v) is 7.85. The van der Waals surface area contributed by atoms with Gasteiger partial charge in [0.15, 0.2) is 5.78 Å². The number of aliphatic carboxylic acids is 1. The number of likely N-dealkylation sites (tertiary alicyclic amines) is 1. The maximum atomic E-state index is 12.4. The molecule has 1 aromatic rings. The molecule has 1 fully saturated rings. The van der Waals surface area contributed by atoms with Gasteiger partial charge in [-0.3, -0.25) is 9.59 Å². The van der Waals surface area contributed by atoms with Crippen molar-refractivity contribution in [3.63, 3.8) is 0 Å². The van der Waals surface area contributed by atoms with Crippen LogP contribution in [0.15, 0.2) is 30.3 Å². The lowest BCUT2D eigenvalue weighted by molar-refractivity contribution is -0.147. The number of hydrogen-bond acceptors (Lipinski definition) is 5. The van der Waals surface area contributed by atoms with Crippen LogP contribution in [0.1, 0.15) is 44.0 Å². The highest BCUT2D eigenvalue weighted by Gasteiger charge is 2.40. The number of rotatable bonds is 6. The average Bonchev–Trinajstić information content (AvgIpc) is 3.03. The van der Waals surface area contributed by atoms with E-state index in [1.807, 2.05) is 6.07 Å². The summed E-state index contributed by atoms with van der Waals surface area (Å²) in [4.78, 5) is 49.3. The largest absolute Gasteiger partial charge is 0.480 e. The lowest BCUT2D eigenvalue weighted by Gasteiger charge is -2.23. The Labute approximate surface area is 163 Å². The van der Waals surface area contributed by atoms with Gasteiger partial charge in [-0.05, 0) is 33.1 Å². The van der Waals surface area contributed by atoms with Crippen molar-refractivity contribution in [1.29, 1.82) is 0 Å². The van der Waals surface area contributed by atoms with E-state index in [2.05, 4.69) is 5.32 Å². The van der Waals surface area contributed by atoms with Crippen molar-refractivity contribution in [1.82, 2.24) is 10.2 Å². The highest BCUT2D eigenvalue weighted by atomic mass is 16.6. The second-order valence-electron chi connectivity index (χ2n) is 7.85. The maximum absolute atomic E-state index is 12.4. The van der Waals surface area contributed by atoms with Crippen LogP contribution in [-0.4, -0.2) is 58.5 Å². The molecular weight excluding hydrogens is 364 g/mol. The molecule has 2 N–H and O–H groups in total. The summed E-state index contributed by atoms with van der Waals surface area (Å²) in [5.74, 6) is -1.98. The molecule has 0 aromatic heterocycles. The van der Waals surface area contributed by atoms with Gasteiger partial charge in [-0.25, -0.2) is 9.59 Å². The monoisotopic (exact) mass is 390 g/mol. The van der Waals surface area contributed by atoms with Gasteiger partial charge in [0, 0.05) is 18.5 Å². The minimum absolute atomic E-state index is 0.0871. The number of carboxylic acid groups (broad SMARTS) is 1. The van der Waals surface area contributed by atoms with Crippen LogP contribution in [0.4, 0.5) is 4.79 Å².